The van der Waals surface area contributed by atoms with Gasteiger partial charge in [0.1, 0.15) is 0 Å². The molecule has 0 radical (unpaired) electrons. The van der Waals surface area contributed by atoms with Crippen LogP contribution < -0.4 is 0 Å². The van der Waals surface area contributed by atoms with Gasteiger partial charge in [0.2, 0.25) is 0 Å². The summed E-state index contributed by atoms with van der Waals surface area (Å²) in [5, 5.41) is 9.18. The van der Waals surface area contributed by atoms with E-state index < -0.39 is 11.9 Å². The third-order valence-corrected chi connectivity index (χ3v) is 4.30. The Morgan fingerprint density at radius 3 is 1.79 bits per heavy atom. The molecule has 0 bridgehead atoms. The lowest BCUT2D eigenvalue weighted by Gasteiger charge is -2.15. The summed E-state index contributed by atoms with van der Waals surface area (Å²) in [5.41, 5.74) is 1.33. The molecule has 0 aliphatic rings. The van der Waals surface area contributed by atoms with Crippen LogP contribution in [0, 0.1) is 0 Å². The van der Waals surface area contributed by atoms with Gasteiger partial charge in [-0.1, -0.05) is 63.7 Å². The fourth-order valence-corrected chi connectivity index (χ4v) is 3.05. The number of carbonyl (C=O) groups excluding carboxylic acids is 1. The molecule has 0 saturated carbocycles. The number of esters is 1. The van der Waals surface area contributed by atoms with E-state index in [9.17, 15) is 14.7 Å². The number of benzene rings is 1. The summed E-state index contributed by atoms with van der Waals surface area (Å²) < 4.78 is 4.14. The minimum atomic E-state index is -1.19. The van der Waals surface area contributed by atoms with Crippen LogP contribution in [0.3, 0.4) is 0 Å². The third kappa shape index (κ3) is 4.03. The first-order valence-corrected chi connectivity index (χ1v) is 8.51. The fourth-order valence-electron chi connectivity index (χ4n) is 1.47. The van der Waals surface area contributed by atoms with Crippen molar-refractivity contribution in [2.45, 2.75) is 7.47 Å². The molecule has 0 saturated heterocycles. The van der Waals surface area contributed by atoms with Gasteiger partial charge in [0.15, 0.2) is 0 Å². The maximum atomic E-state index is 11.7. The Morgan fingerprint density at radius 1 is 1.05 bits per heavy atom. The molecule has 19 heavy (non-hydrogen) atoms. The second-order valence-corrected chi connectivity index (χ2v) is 9.55. The van der Waals surface area contributed by atoms with E-state index in [4.69, 9.17) is 0 Å². The highest BCUT2D eigenvalue weighted by atomic mass is 79.9. The molecule has 0 unspecified atom stereocenters. The highest BCUT2D eigenvalue weighted by Crippen LogP contribution is 2.41. The zero-order valence-electron chi connectivity index (χ0n) is 9.49. The first-order valence-electron chi connectivity index (χ1n) is 4.85. The molecular weight excluding hydrogens is 516 g/mol. The van der Waals surface area contributed by atoms with Crippen LogP contribution in [0.25, 0.3) is 0 Å². The van der Waals surface area contributed by atoms with Crippen LogP contribution in [0.2, 0.25) is 0 Å². The van der Waals surface area contributed by atoms with E-state index in [1.165, 1.54) is 19.2 Å². The SMILES string of the molecule is COC(=O)c1cc(C(Br)Br)c(C(Br)Br)cc1C(=O)O. The summed E-state index contributed by atoms with van der Waals surface area (Å²) >= 11 is 13.3. The average Bonchev–Trinajstić information content (AvgIpc) is 2.35. The van der Waals surface area contributed by atoms with E-state index in [2.05, 4.69) is 68.5 Å². The summed E-state index contributed by atoms with van der Waals surface area (Å²) in [5.74, 6) is -1.87. The van der Waals surface area contributed by atoms with Gasteiger partial charge in [-0.3, -0.25) is 0 Å². The molecule has 0 fully saturated rings. The van der Waals surface area contributed by atoms with E-state index in [-0.39, 0.29) is 18.6 Å². The molecular formula is C11H8Br4O4. The largest absolute Gasteiger partial charge is 0.478 e. The minimum absolute atomic E-state index is 0.0123. The second-order valence-electron chi connectivity index (χ2n) is 3.42. The lowest BCUT2D eigenvalue weighted by molar-refractivity contribution is 0.0582. The molecule has 0 spiro atoms. The minimum Gasteiger partial charge on any atom is -0.478 e. The Balaban J connectivity index is 3.59. The van der Waals surface area contributed by atoms with Crippen molar-refractivity contribution in [3.63, 3.8) is 0 Å². The zero-order valence-corrected chi connectivity index (χ0v) is 15.8. The molecule has 0 aromatic heterocycles. The van der Waals surface area contributed by atoms with Crippen molar-refractivity contribution >= 4 is 75.7 Å². The molecule has 8 heteroatoms. The topological polar surface area (TPSA) is 63.6 Å². The van der Waals surface area contributed by atoms with Crippen molar-refractivity contribution in [1.82, 2.24) is 0 Å². The first-order chi connectivity index (χ1) is 8.79. The van der Waals surface area contributed by atoms with Gasteiger partial charge in [0, 0.05) is 0 Å². The number of alkyl halides is 4. The smallest absolute Gasteiger partial charge is 0.338 e. The number of hydrogen-bond acceptors (Lipinski definition) is 3. The second kappa shape index (κ2) is 7.19. The summed E-state index contributed by atoms with van der Waals surface area (Å²) in [4.78, 5) is 22.9. The Hall–Kier alpha value is 0.0800. The van der Waals surface area contributed by atoms with Crippen LogP contribution >= 0.6 is 63.7 Å². The van der Waals surface area contributed by atoms with Crippen LogP contribution in [0.4, 0.5) is 0 Å². The van der Waals surface area contributed by atoms with Crippen LogP contribution in [-0.4, -0.2) is 24.2 Å². The van der Waals surface area contributed by atoms with E-state index in [1.54, 1.807) is 0 Å². The molecule has 0 amide bonds. The van der Waals surface area contributed by atoms with Crippen LogP contribution in [-0.2, 0) is 4.74 Å². The maximum absolute atomic E-state index is 11.7. The molecule has 0 aliphatic heterocycles. The summed E-state index contributed by atoms with van der Waals surface area (Å²) in [7, 11) is 1.21. The first kappa shape index (κ1) is 17.1. The molecule has 1 N–H and O–H groups in total. The quantitative estimate of drug-likeness (QED) is 0.457. The van der Waals surface area contributed by atoms with Crippen molar-refractivity contribution in [2.75, 3.05) is 7.11 Å². The summed E-state index contributed by atoms with van der Waals surface area (Å²) in [6.07, 6.45) is 0. The number of methoxy groups -OCH3 is 1. The fraction of sp³-hybridized carbons (Fsp3) is 0.273. The van der Waals surface area contributed by atoms with Crippen LogP contribution in [0.1, 0.15) is 39.3 Å². The van der Waals surface area contributed by atoms with Crippen molar-refractivity contribution in [3.8, 4) is 0 Å². The highest BCUT2D eigenvalue weighted by Gasteiger charge is 2.24. The summed E-state index contributed by atoms with van der Waals surface area (Å²) in [6.45, 7) is 0. The Bertz CT molecular complexity index is 514. The molecule has 0 aliphatic carbocycles. The number of carboxylic acids is 1. The van der Waals surface area contributed by atoms with Crippen LogP contribution in [0.15, 0.2) is 12.1 Å². The van der Waals surface area contributed by atoms with Crippen molar-refractivity contribution < 1.29 is 19.4 Å². The van der Waals surface area contributed by atoms with Crippen LogP contribution in [0.5, 0.6) is 0 Å². The predicted octanol–water partition coefficient (Wildman–Crippen LogP) is 4.75. The van der Waals surface area contributed by atoms with E-state index in [1.807, 2.05) is 0 Å². The van der Waals surface area contributed by atoms with Gasteiger partial charge in [-0.25, -0.2) is 9.59 Å². The maximum Gasteiger partial charge on any atom is 0.338 e. The van der Waals surface area contributed by atoms with E-state index in [0.717, 1.165) is 5.56 Å². The zero-order chi connectivity index (χ0) is 14.7. The Kier molecular flexibility index (Phi) is 6.49. The van der Waals surface area contributed by atoms with Gasteiger partial charge in [-0.2, -0.15) is 0 Å². The van der Waals surface area contributed by atoms with Crippen molar-refractivity contribution in [3.05, 3.63) is 34.4 Å². The lowest BCUT2D eigenvalue weighted by atomic mass is 10.00. The number of ether oxygens (including phenoxy) is 1. The van der Waals surface area contributed by atoms with Crippen molar-refractivity contribution in [1.29, 1.82) is 0 Å². The van der Waals surface area contributed by atoms with Gasteiger partial charge in [-0.05, 0) is 23.3 Å². The predicted molar refractivity (Wildman–Crippen MR) is 85.9 cm³/mol. The molecule has 1 aromatic carbocycles. The highest BCUT2D eigenvalue weighted by molar-refractivity contribution is 9.24. The Morgan fingerprint density at radius 2 is 1.47 bits per heavy atom. The van der Waals surface area contributed by atoms with Gasteiger partial charge >= 0.3 is 11.9 Å². The number of halogens is 4. The van der Waals surface area contributed by atoms with Gasteiger partial charge in [-0.15, -0.1) is 0 Å². The molecule has 1 aromatic rings. The van der Waals surface area contributed by atoms with E-state index in [0.29, 0.717) is 5.56 Å². The lowest BCUT2D eigenvalue weighted by Crippen LogP contribution is -2.12. The number of hydrogen-bond donors (Lipinski definition) is 1. The Labute approximate surface area is 143 Å². The van der Waals surface area contributed by atoms with Gasteiger partial charge in [0.05, 0.1) is 25.7 Å². The third-order valence-electron chi connectivity index (χ3n) is 2.33. The number of aromatic carboxylic acids is 1. The number of rotatable bonds is 4. The standard InChI is InChI=1S/C11H8Br4O4/c1-19-11(18)7-3-5(9(14)15)4(8(12)13)2-6(7)10(16)17/h2-3,8-9H,1H3,(H,16,17). The molecule has 0 atom stereocenters. The molecule has 4 nitrogen and oxygen atoms in total. The van der Waals surface area contributed by atoms with E-state index >= 15 is 0 Å². The van der Waals surface area contributed by atoms with Gasteiger partial charge < -0.3 is 9.84 Å². The van der Waals surface area contributed by atoms with Gasteiger partial charge in [0.25, 0.3) is 0 Å². The molecule has 0 heterocycles. The number of carboxylic acid groups (broad SMARTS) is 1. The normalized spacial score (nSPS) is 10.9. The monoisotopic (exact) mass is 520 g/mol. The summed E-state index contributed by atoms with van der Waals surface area (Å²) in [6, 6.07) is 2.93. The number of carbonyl (C=O) groups is 2. The van der Waals surface area contributed by atoms with Crippen molar-refractivity contribution in [2.24, 2.45) is 0 Å². The molecule has 1 rings (SSSR count). The molecule has 104 valence electrons. The average molecular weight is 524 g/mol.